The molecule has 4 atom stereocenters. The standard InChI is InChI=1S/C22H25NO/c1-24-16-8-6-15(7-9-16)19-12-21-18-5-3-2-4-17(18)20(19)13-22(21)10-11-23-14-22/h2-9,19-21,23H,10-14H2,1H3/t19-,20+,21+,22+/m0/s1. The number of nitrogens with one attached hydrogen (secondary N) is 1. The van der Waals surface area contributed by atoms with Crippen LogP contribution in [0.4, 0.5) is 0 Å². The fourth-order valence-corrected chi connectivity index (χ4v) is 5.79. The van der Waals surface area contributed by atoms with E-state index >= 15 is 0 Å². The van der Waals surface area contributed by atoms with Crippen LogP contribution in [0, 0.1) is 5.41 Å². The molecule has 2 fully saturated rings. The Morgan fingerprint density at radius 3 is 2.50 bits per heavy atom. The monoisotopic (exact) mass is 319 g/mol. The van der Waals surface area contributed by atoms with Crippen LogP contribution in [0.5, 0.6) is 5.75 Å². The van der Waals surface area contributed by atoms with Gasteiger partial charge in [-0.15, -0.1) is 0 Å². The van der Waals surface area contributed by atoms with Crippen molar-refractivity contribution >= 4 is 0 Å². The highest BCUT2D eigenvalue weighted by molar-refractivity contribution is 5.46. The number of methoxy groups -OCH3 is 1. The normalized spacial score (nSPS) is 33.6. The Balaban J connectivity index is 1.57. The van der Waals surface area contributed by atoms with Crippen LogP contribution in [0.3, 0.4) is 0 Å². The van der Waals surface area contributed by atoms with Gasteiger partial charge < -0.3 is 10.1 Å². The third-order valence-corrected chi connectivity index (χ3v) is 6.93. The molecule has 1 spiro atoms. The van der Waals surface area contributed by atoms with Gasteiger partial charge in [-0.3, -0.25) is 0 Å². The Bertz CT molecular complexity index is 745. The Morgan fingerprint density at radius 2 is 1.79 bits per heavy atom. The first kappa shape index (κ1) is 14.5. The molecule has 1 aliphatic heterocycles. The van der Waals surface area contributed by atoms with Gasteiger partial charge in [-0.25, -0.2) is 0 Å². The zero-order valence-electron chi connectivity index (χ0n) is 14.3. The van der Waals surface area contributed by atoms with Crippen molar-refractivity contribution in [1.82, 2.24) is 5.32 Å². The van der Waals surface area contributed by atoms with Crippen LogP contribution in [0.25, 0.3) is 0 Å². The van der Waals surface area contributed by atoms with Crippen LogP contribution >= 0.6 is 0 Å². The number of ether oxygens (including phenoxy) is 1. The highest BCUT2D eigenvalue weighted by Crippen LogP contribution is 2.65. The zero-order chi connectivity index (χ0) is 16.1. The summed E-state index contributed by atoms with van der Waals surface area (Å²) in [6, 6.07) is 18.1. The van der Waals surface area contributed by atoms with Gasteiger partial charge in [0.05, 0.1) is 7.11 Å². The molecule has 2 nitrogen and oxygen atoms in total. The lowest BCUT2D eigenvalue weighted by Gasteiger charge is -2.54. The van der Waals surface area contributed by atoms with Gasteiger partial charge in [0.15, 0.2) is 0 Å². The molecule has 0 amide bonds. The summed E-state index contributed by atoms with van der Waals surface area (Å²) in [5.74, 6) is 2.99. The first-order chi connectivity index (χ1) is 11.8. The van der Waals surface area contributed by atoms with Crippen molar-refractivity contribution in [2.75, 3.05) is 20.2 Å². The lowest BCUT2D eigenvalue weighted by atomic mass is 9.49. The molecule has 3 aliphatic carbocycles. The Labute approximate surface area is 144 Å². The van der Waals surface area contributed by atoms with E-state index in [2.05, 4.69) is 53.8 Å². The lowest BCUT2D eigenvalue weighted by molar-refractivity contribution is 0.117. The molecular formula is C22H25NO. The number of fused-ring (bicyclic) bond motifs is 1. The summed E-state index contributed by atoms with van der Waals surface area (Å²) >= 11 is 0. The lowest BCUT2D eigenvalue weighted by Crippen LogP contribution is -2.44. The van der Waals surface area contributed by atoms with Gasteiger partial charge in [0.25, 0.3) is 0 Å². The van der Waals surface area contributed by atoms with Crippen LogP contribution in [0.2, 0.25) is 0 Å². The van der Waals surface area contributed by atoms with Gasteiger partial charge >= 0.3 is 0 Å². The predicted octanol–water partition coefficient (Wildman–Crippen LogP) is 4.43. The maximum atomic E-state index is 5.34. The fourth-order valence-electron chi connectivity index (χ4n) is 5.79. The topological polar surface area (TPSA) is 21.3 Å². The van der Waals surface area contributed by atoms with Gasteiger partial charge in [-0.1, -0.05) is 36.4 Å². The van der Waals surface area contributed by atoms with Crippen LogP contribution < -0.4 is 10.1 Å². The molecule has 0 unspecified atom stereocenters. The van der Waals surface area contributed by atoms with Crippen molar-refractivity contribution in [1.29, 1.82) is 0 Å². The Kier molecular flexibility index (Phi) is 3.24. The Morgan fingerprint density at radius 1 is 1.00 bits per heavy atom. The second-order valence-corrected chi connectivity index (χ2v) is 7.90. The molecule has 1 N–H and O–H groups in total. The molecule has 6 rings (SSSR count). The van der Waals surface area contributed by atoms with Gasteiger partial charge in [0.2, 0.25) is 0 Å². The Hall–Kier alpha value is -1.80. The fraction of sp³-hybridized carbons (Fsp3) is 0.455. The highest BCUT2D eigenvalue weighted by Gasteiger charge is 2.54. The second-order valence-electron chi connectivity index (χ2n) is 7.90. The predicted molar refractivity (Wildman–Crippen MR) is 96.8 cm³/mol. The SMILES string of the molecule is COc1ccc([C@@H]2C[C@@H]3c4ccccc4[C@H]2C[C@@]32CCNC2)cc1. The minimum atomic E-state index is 0.502. The van der Waals surface area contributed by atoms with Crippen LogP contribution in [-0.2, 0) is 0 Å². The highest BCUT2D eigenvalue weighted by atomic mass is 16.5. The molecule has 1 saturated heterocycles. The van der Waals surface area contributed by atoms with Crippen molar-refractivity contribution in [3.8, 4) is 5.75 Å². The van der Waals surface area contributed by atoms with E-state index in [0.29, 0.717) is 23.2 Å². The van der Waals surface area contributed by atoms with Gasteiger partial charge in [0.1, 0.15) is 5.75 Å². The van der Waals surface area contributed by atoms with Crippen LogP contribution in [0.15, 0.2) is 48.5 Å². The molecule has 1 heterocycles. The minimum Gasteiger partial charge on any atom is -0.497 e. The van der Waals surface area contributed by atoms with E-state index in [1.165, 1.54) is 37.9 Å². The zero-order valence-corrected chi connectivity index (χ0v) is 14.3. The summed E-state index contributed by atoms with van der Waals surface area (Å²) in [6.45, 7) is 2.40. The summed E-state index contributed by atoms with van der Waals surface area (Å²) < 4.78 is 5.34. The van der Waals surface area contributed by atoms with Crippen molar-refractivity contribution in [2.24, 2.45) is 5.41 Å². The van der Waals surface area contributed by atoms with Crippen molar-refractivity contribution in [2.45, 2.75) is 37.0 Å². The molecule has 0 radical (unpaired) electrons. The molecule has 2 bridgehead atoms. The molecule has 2 aromatic rings. The van der Waals surface area contributed by atoms with Gasteiger partial charge in [-0.05, 0) is 77.8 Å². The minimum absolute atomic E-state index is 0.502. The number of benzene rings is 2. The maximum absolute atomic E-state index is 5.34. The third-order valence-electron chi connectivity index (χ3n) is 6.93. The smallest absolute Gasteiger partial charge is 0.118 e. The molecule has 24 heavy (non-hydrogen) atoms. The summed E-state index contributed by atoms with van der Waals surface area (Å²) in [5.41, 5.74) is 5.25. The summed E-state index contributed by atoms with van der Waals surface area (Å²) in [7, 11) is 1.74. The number of rotatable bonds is 2. The number of hydrogen-bond acceptors (Lipinski definition) is 2. The van der Waals surface area contributed by atoms with Crippen LogP contribution in [0.1, 0.15) is 53.7 Å². The van der Waals surface area contributed by atoms with E-state index in [-0.39, 0.29) is 0 Å². The van der Waals surface area contributed by atoms with E-state index in [1.54, 1.807) is 18.2 Å². The maximum Gasteiger partial charge on any atom is 0.118 e. The average Bonchev–Trinajstić information content (AvgIpc) is 3.10. The number of hydrogen-bond donors (Lipinski definition) is 1. The first-order valence-corrected chi connectivity index (χ1v) is 9.24. The van der Waals surface area contributed by atoms with Crippen molar-refractivity contribution < 1.29 is 4.74 Å². The molecule has 0 aromatic heterocycles. The van der Waals surface area contributed by atoms with Gasteiger partial charge in [0, 0.05) is 6.54 Å². The quantitative estimate of drug-likeness (QED) is 0.884. The molecule has 124 valence electrons. The summed E-state index contributed by atoms with van der Waals surface area (Å²) in [5, 5.41) is 3.65. The van der Waals surface area contributed by atoms with E-state index in [4.69, 9.17) is 4.74 Å². The molecule has 2 heteroatoms. The van der Waals surface area contributed by atoms with E-state index in [9.17, 15) is 0 Å². The molecular weight excluding hydrogens is 294 g/mol. The van der Waals surface area contributed by atoms with Gasteiger partial charge in [-0.2, -0.15) is 0 Å². The molecule has 4 aliphatic rings. The first-order valence-electron chi connectivity index (χ1n) is 9.24. The molecule has 2 aromatic carbocycles. The average molecular weight is 319 g/mol. The second kappa shape index (κ2) is 5.35. The third kappa shape index (κ3) is 1.99. The molecule has 1 saturated carbocycles. The van der Waals surface area contributed by atoms with Crippen LogP contribution in [-0.4, -0.2) is 20.2 Å². The summed E-state index contributed by atoms with van der Waals surface area (Å²) in [4.78, 5) is 0. The van der Waals surface area contributed by atoms with Crippen molar-refractivity contribution in [3.63, 3.8) is 0 Å². The van der Waals surface area contributed by atoms with E-state index in [1.807, 2.05) is 0 Å². The largest absolute Gasteiger partial charge is 0.497 e. The van der Waals surface area contributed by atoms with E-state index < -0.39 is 0 Å². The van der Waals surface area contributed by atoms with E-state index in [0.717, 1.165) is 5.75 Å². The van der Waals surface area contributed by atoms with Crippen molar-refractivity contribution in [3.05, 3.63) is 65.2 Å². The summed E-state index contributed by atoms with van der Waals surface area (Å²) in [6.07, 6.45) is 3.99.